The Bertz CT molecular complexity index is 160. The summed E-state index contributed by atoms with van der Waals surface area (Å²) >= 11 is 0. The zero-order valence-corrected chi connectivity index (χ0v) is 34.6. The van der Waals surface area contributed by atoms with Gasteiger partial charge in [-0.3, -0.25) is 0 Å². The predicted molar refractivity (Wildman–Crippen MR) is 157 cm³/mol. The van der Waals surface area contributed by atoms with Crippen molar-refractivity contribution in [1.82, 2.24) is 0 Å². The fourth-order valence-electron chi connectivity index (χ4n) is 0.632. The monoisotopic (exact) mass is 806 g/mol. The molecule has 0 aromatic rings. The topological polar surface area (TPSA) is 162 Å². The SMILES string of the molecule is CCCCO.CCCCO.CCCCO.CCCCO.CCCO.CCCO.CCCO.CCCO.[Zr].[Zr].[Zr]. The van der Waals surface area contributed by atoms with E-state index in [1.165, 1.54) is 0 Å². The molecule has 8 N–H and O–H groups in total. The molecule has 11 heteroatoms. The van der Waals surface area contributed by atoms with Crippen LogP contribution in [0.15, 0.2) is 0 Å². The number of hydrogen-bond donors (Lipinski definition) is 8. The summed E-state index contributed by atoms with van der Waals surface area (Å²) in [5.74, 6) is 0. The molecule has 0 heterocycles. The molecular formula is C28H72O8Zr3. The molecule has 0 aliphatic carbocycles. The van der Waals surface area contributed by atoms with E-state index in [-0.39, 0.29) is 78.6 Å². The van der Waals surface area contributed by atoms with Gasteiger partial charge in [-0.2, -0.15) is 0 Å². The minimum atomic E-state index is 0. The summed E-state index contributed by atoms with van der Waals surface area (Å²) in [6.45, 7) is 18.6. The van der Waals surface area contributed by atoms with Crippen LogP contribution in [0, 0.1) is 0 Å². The van der Waals surface area contributed by atoms with Gasteiger partial charge in [0.05, 0.1) is 0 Å². The second-order valence-corrected chi connectivity index (χ2v) is 7.20. The molecule has 0 fully saturated rings. The van der Waals surface area contributed by atoms with Gasteiger partial charge in [0.25, 0.3) is 0 Å². The van der Waals surface area contributed by atoms with Crippen molar-refractivity contribution in [2.45, 2.75) is 132 Å². The summed E-state index contributed by atoms with van der Waals surface area (Å²) in [7, 11) is 0. The molecule has 0 aliphatic rings. The maximum atomic E-state index is 8.07. The van der Waals surface area contributed by atoms with E-state index in [1.807, 2.05) is 27.7 Å². The zero-order valence-electron chi connectivity index (χ0n) is 27.2. The van der Waals surface area contributed by atoms with Crippen molar-refractivity contribution in [2.24, 2.45) is 0 Å². The van der Waals surface area contributed by atoms with Crippen molar-refractivity contribution in [3.63, 3.8) is 0 Å². The van der Waals surface area contributed by atoms with Crippen LogP contribution < -0.4 is 0 Å². The molecule has 0 amide bonds. The van der Waals surface area contributed by atoms with Gasteiger partial charge in [0.1, 0.15) is 0 Å². The van der Waals surface area contributed by atoms with E-state index >= 15 is 0 Å². The Morgan fingerprint density at radius 3 is 0.333 bits per heavy atom. The van der Waals surface area contributed by atoms with Crippen molar-refractivity contribution >= 4 is 0 Å². The average Bonchev–Trinajstić information content (AvgIpc) is 2.92. The minimum Gasteiger partial charge on any atom is -0.396 e. The molecule has 0 spiro atoms. The first-order chi connectivity index (χ1) is 17.3. The van der Waals surface area contributed by atoms with E-state index in [0.717, 1.165) is 77.0 Å². The van der Waals surface area contributed by atoms with E-state index in [4.69, 9.17) is 40.9 Å². The van der Waals surface area contributed by atoms with Gasteiger partial charge in [-0.15, -0.1) is 0 Å². The molecule has 0 radical (unpaired) electrons. The van der Waals surface area contributed by atoms with E-state index in [0.29, 0.717) is 52.9 Å². The van der Waals surface area contributed by atoms with Crippen LogP contribution >= 0.6 is 0 Å². The Hall–Kier alpha value is 2.33. The third kappa shape index (κ3) is 289. The van der Waals surface area contributed by atoms with E-state index in [9.17, 15) is 0 Å². The van der Waals surface area contributed by atoms with Gasteiger partial charge in [0.2, 0.25) is 0 Å². The Morgan fingerprint density at radius 2 is 0.333 bits per heavy atom. The molecule has 39 heavy (non-hydrogen) atoms. The number of aliphatic hydroxyl groups excluding tert-OH is 8. The molecule has 0 bridgehead atoms. The van der Waals surface area contributed by atoms with E-state index < -0.39 is 0 Å². The molecule has 0 unspecified atom stereocenters. The van der Waals surface area contributed by atoms with Crippen LogP contribution in [0.3, 0.4) is 0 Å². The van der Waals surface area contributed by atoms with E-state index in [1.54, 1.807) is 0 Å². The van der Waals surface area contributed by atoms with Crippen molar-refractivity contribution in [3.05, 3.63) is 0 Å². The van der Waals surface area contributed by atoms with Crippen LogP contribution in [0.4, 0.5) is 0 Å². The summed E-state index contributed by atoms with van der Waals surface area (Å²) in [6, 6.07) is 0. The molecule has 0 rings (SSSR count). The fraction of sp³-hybridized carbons (Fsp3) is 1.00. The van der Waals surface area contributed by atoms with Crippen LogP contribution in [-0.4, -0.2) is 93.7 Å². The molecule has 0 aromatic carbocycles. The second-order valence-electron chi connectivity index (χ2n) is 7.20. The molecule has 0 aromatic heterocycles. The Morgan fingerprint density at radius 1 is 0.231 bits per heavy atom. The molecular weight excluding hydrogens is 738 g/mol. The number of aliphatic hydroxyl groups is 8. The van der Waals surface area contributed by atoms with Gasteiger partial charge >= 0.3 is 0 Å². The van der Waals surface area contributed by atoms with Crippen molar-refractivity contribution in [1.29, 1.82) is 0 Å². The summed E-state index contributed by atoms with van der Waals surface area (Å²) < 4.78 is 0. The smallest absolute Gasteiger partial charge is 0.0430 e. The van der Waals surface area contributed by atoms with Crippen LogP contribution in [0.5, 0.6) is 0 Å². The third-order valence-electron chi connectivity index (χ3n) is 2.94. The maximum absolute atomic E-state index is 8.07. The third-order valence-corrected chi connectivity index (χ3v) is 2.94. The van der Waals surface area contributed by atoms with Crippen molar-refractivity contribution < 1.29 is 119 Å². The molecule has 0 saturated carbocycles. The molecule has 0 saturated heterocycles. The Kier molecular flexibility index (Phi) is 234. The largest absolute Gasteiger partial charge is 0.396 e. The summed E-state index contributed by atoms with van der Waals surface area (Å²) in [5.41, 5.74) is 0. The number of unbranched alkanes of at least 4 members (excludes halogenated alkanes) is 4. The number of rotatable bonds is 12. The first kappa shape index (κ1) is 73.1. The van der Waals surface area contributed by atoms with Crippen molar-refractivity contribution in [3.8, 4) is 0 Å². The quantitative estimate of drug-likeness (QED) is 0.141. The first-order valence-corrected chi connectivity index (χ1v) is 14.2. The summed E-state index contributed by atoms with van der Waals surface area (Å²) in [6.07, 6.45) is 11.7. The van der Waals surface area contributed by atoms with Gasteiger partial charge in [-0.05, 0) is 51.4 Å². The van der Waals surface area contributed by atoms with Crippen LogP contribution in [0.25, 0.3) is 0 Å². The fourth-order valence-corrected chi connectivity index (χ4v) is 0.632. The second kappa shape index (κ2) is 125. The van der Waals surface area contributed by atoms with Crippen LogP contribution in [0.1, 0.15) is 132 Å². The maximum Gasteiger partial charge on any atom is 0.0430 e. The molecule has 0 aliphatic heterocycles. The number of hydrogen-bond acceptors (Lipinski definition) is 8. The molecule has 8 nitrogen and oxygen atoms in total. The summed E-state index contributed by atoms with van der Waals surface area (Å²) in [5, 5.41) is 63.8. The average molecular weight is 811 g/mol. The van der Waals surface area contributed by atoms with Crippen LogP contribution in [0.2, 0.25) is 0 Å². The minimum absolute atomic E-state index is 0. The normalized spacial score (nSPS) is 7.38. The standard InChI is InChI=1S/4C4H10O.4C3H8O.3Zr/c4*1-2-3-4-5;4*1-2-3-4;;;/h4*5H,2-4H2,1H3;4*4H,2-3H2,1H3;;;. The van der Waals surface area contributed by atoms with E-state index in [2.05, 4.69) is 27.7 Å². The van der Waals surface area contributed by atoms with Crippen molar-refractivity contribution in [2.75, 3.05) is 52.9 Å². The molecule has 244 valence electrons. The first-order valence-electron chi connectivity index (χ1n) is 14.2. The van der Waals surface area contributed by atoms with Gasteiger partial charge in [0.15, 0.2) is 0 Å². The predicted octanol–water partition coefficient (Wildman–Crippen LogP) is 4.66. The Labute approximate surface area is 302 Å². The summed E-state index contributed by atoms with van der Waals surface area (Å²) in [4.78, 5) is 0. The van der Waals surface area contributed by atoms with Gasteiger partial charge < -0.3 is 40.9 Å². The Balaban J connectivity index is -0.0000000253. The van der Waals surface area contributed by atoms with Crippen LogP contribution in [-0.2, 0) is 78.6 Å². The van der Waals surface area contributed by atoms with Gasteiger partial charge in [0, 0.05) is 131 Å². The van der Waals surface area contributed by atoms with Gasteiger partial charge in [-0.1, -0.05) is 81.1 Å². The molecule has 0 atom stereocenters. The zero-order chi connectivity index (χ0) is 30.1. The van der Waals surface area contributed by atoms with Gasteiger partial charge in [-0.25, -0.2) is 0 Å².